The minimum atomic E-state index is -0.0291. The van der Waals surface area contributed by atoms with Gasteiger partial charge in [-0.2, -0.15) is 5.26 Å². The zero-order valence-electron chi connectivity index (χ0n) is 10.9. The average molecular weight is 445 g/mol. The van der Waals surface area contributed by atoms with Crippen molar-refractivity contribution in [3.63, 3.8) is 0 Å². The summed E-state index contributed by atoms with van der Waals surface area (Å²) in [7, 11) is 0. The fraction of sp³-hybridized carbons (Fsp3) is 0.500. The first-order chi connectivity index (χ1) is 9.15. The molecule has 107 valence electrons. The van der Waals surface area contributed by atoms with Crippen molar-refractivity contribution in [2.24, 2.45) is 5.92 Å². The van der Waals surface area contributed by atoms with Crippen molar-refractivity contribution in [1.29, 1.82) is 10.7 Å². The summed E-state index contributed by atoms with van der Waals surface area (Å²) in [5.41, 5.74) is 13.7. The second kappa shape index (κ2) is 7.18. The van der Waals surface area contributed by atoms with Crippen LogP contribution < -0.4 is 10.6 Å². The summed E-state index contributed by atoms with van der Waals surface area (Å²) in [6.07, 6.45) is 3.63. The Hall–Kier alpha value is -1.70. The van der Waals surface area contributed by atoms with Gasteiger partial charge < -0.3 is 26.8 Å². The Bertz CT molecular complexity index is 525. The molecule has 0 amide bonds. The third-order valence-electron chi connectivity index (χ3n) is 3.30. The number of nitrogens with two attached hydrogens (primary N) is 1. The number of hydrogen-bond donors (Lipinski definition) is 2. The second-order valence-electron chi connectivity index (χ2n) is 4.56. The summed E-state index contributed by atoms with van der Waals surface area (Å²) < 4.78 is 0. The van der Waals surface area contributed by atoms with Crippen LogP contribution >= 0.6 is 0 Å². The van der Waals surface area contributed by atoms with Crippen LogP contribution in [0.4, 0.5) is 17.6 Å². The molecule has 0 spiro atoms. The van der Waals surface area contributed by atoms with E-state index in [0.29, 0.717) is 17.9 Å². The van der Waals surface area contributed by atoms with Crippen molar-refractivity contribution in [2.45, 2.75) is 19.3 Å². The molecular weight excluding hydrogens is 428 g/mol. The Morgan fingerprint density at radius 2 is 2.15 bits per heavy atom. The smallest absolute Gasteiger partial charge is 0.139 e. The third-order valence-corrected chi connectivity index (χ3v) is 3.30. The molecule has 0 aromatic carbocycles. The zero-order chi connectivity index (χ0) is 13.8. The SMILES string of the molecule is N#CC1CCCN(c2nc(N)nc([NH-])c2C=N)CC1.[Re]. The van der Waals surface area contributed by atoms with E-state index < -0.39 is 0 Å². The van der Waals surface area contributed by atoms with Gasteiger partial charge in [-0.15, -0.1) is 0 Å². The Balaban J connectivity index is 0.00000200. The number of hydrogen-bond acceptors (Lipinski definition) is 6. The molecule has 8 heteroatoms. The van der Waals surface area contributed by atoms with Crippen molar-refractivity contribution < 1.29 is 20.4 Å². The van der Waals surface area contributed by atoms with E-state index in [9.17, 15) is 0 Å². The van der Waals surface area contributed by atoms with E-state index in [2.05, 4.69) is 16.0 Å². The Morgan fingerprint density at radius 1 is 1.40 bits per heavy atom. The summed E-state index contributed by atoms with van der Waals surface area (Å²) in [6.45, 7) is 1.45. The van der Waals surface area contributed by atoms with Gasteiger partial charge in [0, 0.05) is 51.2 Å². The summed E-state index contributed by atoms with van der Waals surface area (Å²) in [5, 5.41) is 16.4. The van der Waals surface area contributed by atoms with E-state index in [-0.39, 0.29) is 38.1 Å². The molecule has 1 aliphatic heterocycles. The minimum Gasteiger partial charge on any atom is -0.481 e. The molecule has 1 atom stereocenters. The molecule has 0 saturated carbocycles. The maximum atomic E-state index is 8.98. The van der Waals surface area contributed by atoms with Crippen molar-refractivity contribution in [1.82, 2.24) is 9.97 Å². The topological polar surface area (TPSA) is 126 Å². The largest absolute Gasteiger partial charge is 0.481 e. The number of nitrogens with zero attached hydrogens (tertiary/aromatic N) is 4. The molecule has 1 aromatic heterocycles. The van der Waals surface area contributed by atoms with Gasteiger partial charge in [0.2, 0.25) is 0 Å². The molecule has 2 rings (SSSR count). The first-order valence-electron chi connectivity index (χ1n) is 6.20. The van der Waals surface area contributed by atoms with E-state index in [1.807, 2.05) is 4.90 Å². The van der Waals surface area contributed by atoms with E-state index in [0.717, 1.165) is 32.0 Å². The van der Waals surface area contributed by atoms with Gasteiger partial charge in [0.15, 0.2) is 0 Å². The Kier molecular flexibility index (Phi) is 5.87. The Labute approximate surface area is 131 Å². The monoisotopic (exact) mass is 445 g/mol. The number of nitrogens with one attached hydrogen (secondary N) is 2. The molecule has 0 aliphatic carbocycles. The van der Waals surface area contributed by atoms with Gasteiger partial charge in [0.25, 0.3) is 0 Å². The van der Waals surface area contributed by atoms with Crippen LogP contribution in [-0.4, -0.2) is 29.3 Å². The average Bonchev–Trinajstić information content (AvgIpc) is 2.63. The number of aromatic nitrogens is 2. The quantitative estimate of drug-likeness (QED) is 0.674. The van der Waals surface area contributed by atoms with Gasteiger partial charge in [-0.25, -0.2) is 4.98 Å². The minimum absolute atomic E-state index is 0. The van der Waals surface area contributed by atoms with Crippen LogP contribution in [0.15, 0.2) is 0 Å². The van der Waals surface area contributed by atoms with Gasteiger partial charge in [0.05, 0.1) is 6.07 Å². The number of anilines is 2. The fourth-order valence-electron chi connectivity index (χ4n) is 2.29. The number of nitrogen functional groups attached to an aromatic ring is 1. The molecule has 20 heavy (non-hydrogen) atoms. The van der Waals surface area contributed by atoms with Gasteiger partial charge in [0.1, 0.15) is 11.8 Å². The normalized spacial score (nSPS) is 18.6. The van der Waals surface area contributed by atoms with Gasteiger partial charge in [-0.1, -0.05) is 0 Å². The first-order valence-corrected chi connectivity index (χ1v) is 6.20. The zero-order valence-corrected chi connectivity index (χ0v) is 13.7. The molecule has 1 fully saturated rings. The van der Waals surface area contributed by atoms with Crippen molar-refractivity contribution in [3.8, 4) is 6.07 Å². The Morgan fingerprint density at radius 3 is 2.80 bits per heavy atom. The van der Waals surface area contributed by atoms with Crippen LogP contribution in [0.1, 0.15) is 24.8 Å². The van der Waals surface area contributed by atoms with E-state index in [4.69, 9.17) is 22.1 Å². The fourth-order valence-corrected chi connectivity index (χ4v) is 2.29. The van der Waals surface area contributed by atoms with Gasteiger partial charge >= 0.3 is 0 Å². The second-order valence-corrected chi connectivity index (χ2v) is 4.56. The van der Waals surface area contributed by atoms with Crippen LogP contribution in [0.5, 0.6) is 0 Å². The van der Waals surface area contributed by atoms with Gasteiger partial charge in [-0.3, -0.25) is 0 Å². The molecule has 7 nitrogen and oxygen atoms in total. The molecule has 2 heterocycles. The van der Waals surface area contributed by atoms with Crippen molar-refractivity contribution in [3.05, 3.63) is 11.3 Å². The van der Waals surface area contributed by atoms with Crippen LogP contribution in [0.2, 0.25) is 0 Å². The van der Waals surface area contributed by atoms with Crippen LogP contribution in [0.25, 0.3) is 5.73 Å². The van der Waals surface area contributed by atoms with E-state index >= 15 is 0 Å². The molecule has 1 unspecified atom stereocenters. The predicted octanol–water partition coefficient (Wildman–Crippen LogP) is 1.87. The summed E-state index contributed by atoms with van der Waals surface area (Å²) in [5.74, 6) is 0.624. The number of nitriles is 1. The molecular formula is C12H16N7Re-. The van der Waals surface area contributed by atoms with Crippen molar-refractivity contribution in [2.75, 3.05) is 23.7 Å². The molecule has 1 radical (unpaired) electrons. The van der Waals surface area contributed by atoms with Crippen molar-refractivity contribution >= 4 is 23.8 Å². The van der Waals surface area contributed by atoms with E-state index in [1.54, 1.807) is 0 Å². The van der Waals surface area contributed by atoms with Gasteiger partial charge in [-0.05, 0) is 25.1 Å². The van der Waals surface area contributed by atoms with Crippen LogP contribution in [0, 0.1) is 22.7 Å². The maximum absolute atomic E-state index is 8.98. The molecule has 0 bridgehead atoms. The van der Waals surface area contributed by atoms with Crippen LogP contribution in [-0.2, 0) is 20.4 Å². The summed E-state index contributed by atoms with van der Waals surface area (Å²) in [4.78, 5) is 9.91. The van der Waals surface area contributed by atoms with E-state index in [1.165, 1.54) is 0 Å². The predicted molar refractivity (Wildman–Crippen MR) is 73.5 cm³/mol. The molecule has 1 saturated heterocycles. The third kappa shape index (κ3) is 3.44. The van der Waals surface area contributed by atoms with Crippen LogP contribution in [0.3, 0.4) is 0 Å². The summed E-state index contributed by atoms with van der Waals surface area (Å²) >= 11 is 0. The standard InChI is InChI=1S/C12H16N7.Re/c13-6-8-2-1-4-19(5-3-8)11-9(7-14)10(15)17-12(16)18-11;/h7-8,14H,1-5H2,(H3-,15,16,17,18);/q-1;. The molecule has 1 aliphatic rings. The molecule has 1 aromatic rings. The molecule has 4 N–H and O–H groups in total. The number of rotatable bonds is 2. The first kappa shape index (κ1) is 16.4. The maximum Gasteiger partial charge on any atom is 0.139 e. The summed E-state index contributed by atoms with van der Waals surface area (Å²) in [6, 6.07) is 2.30.